The molecule has 31 heavy (non-hydrogen) atoms. The maximum Gasteiger partial charge on any atom is 0.223 e. The van der Waals surface area contributed by atoms with Gasteiger partial charge < -0.3 is 19.4 Å². The number of aromatic nitrogens is 1. The smallest absolute Gasteiger partial charge is 0.223 e. The molecule has 1 aliphatic rings. The minimum absolute atomic E-state index is 0.0100. The highest BCUT2D eigenvalue weighted by molar-refractivity contribution is 6.09. The number of amides is 1. The number of carbonyl (C=O) groups excluding carboxylic acids is 2. The molecule has 0 bridgehead atoms. The molecule has 3 aromatic rings. The number of fused-ring (bicyclic) bond motifs is 1. The Morgan fingerprint density at radius 2 is 1.77 bits per heavy atom. The molecule has 0 spiro atoms. The number of methoxy groups -OCH3 is 2. The van der Waals surface area contributed by atoms with Crippen LogP contribution in [0, 0.1) is 0 Å². The van der Waals surface area contributed by atoms with Crippen molar-refractivity contribution in [2.75, 3.05) is 27.3 Å². The lowest BCUT2D eigenvalue weighted by Crippen LogP contribution is -2.34. The maximum atomic E-state index is 12.8. The van der Waals surface area contributed by atoms with Gasteiger partial charge in [0.1, 0.15) is 0 Å². The van der Waals surface area contributed by atoms with Crippen LogP contribution in [0.2, 0.25) is 0 Å². The van der Waals surface area contributed by atoms with E-state index in [0.29, 0.717) is 30.2 Å². The van der Waals surface area contributed by atoms with Crippen LogP contribution in [-0.4, -0.2) is 48.9 Å². The van der Waals surface area contributed by atoms with Gasteiger partial charge >= 0.3 is 0 Å². The topological polar surface area (TPSA) is 71.6 Å². The van der Waals surface area contributed by atoms with Crippen molar-refractivity contribution in [3.8, 4) is 11.5 Å². The molecule has 0 radical (unpaired) electrons. The van der Waals surface area contributed by atoms with E-state index in [0.717, 1.165) is 17.3 Å². The maximum absolute atomic E-state index is 12.8. The second kappa shape index (κ2) is 9.08. The average Bonchev–Trinajstić information content (AvgIpc) is 3.25. The van der Waals surface area contributed by atoms with Gasteiger partial charge in [0.15, 0.2) is 17.3 Å². The highest BCUT2D eigenvalue weighted by Crippen LogP contribution is 2.33. The predicted octanol–water partition coefficient (Wildman–Crippen LogP) is 4.46. The minimum atomic E-state index is -0.0654. The summed E-state index contributed by atoms with van der Waals surface area (Å²) in [7, 11) is 3.13. The molecular formula is C25H26N2O4. The summed E-state index contributed by atoms with van der Waals surface area (Å²) in [6, 6.07) is 13.8. The van der Waals surface area contributed by atoms with Crippen molar-refractivity contribution >= 4 is 28.2 Å². The first-order chi connectivity index (χ1) is 15.1. The van der Waals surface area contributed by atoms with Crippen LogP contribution in [0.4, 0.5) is 0 Å². The normalized spacial score (nSPS) is 13.7. The van der Waals surface area contributed by atoms with Crippen molar-refractivity contribution in [3.05, 3.63) is 65.9 Å². The number of ketones is 1. The first-order valence-corrected chi connectivity index (χ1v) is 10.4. The van der Waals surface area contributed by atoms with Crippen molar-refractivity contribution in [3.63, 3.8) is 0 Å². The monoisotopic (exact) mass is 418 g/mol. The van der Waals surface area contributed by atoms with Gasteiger partial charge in [-0.05, 0) is 23.6 Å². The number of nitrogens with zero attached hydrogens (tertiary/aromatic N) is 1. The van der Waals surface area contributed by atoms with Gasteiger partial charge in [0, 0.05) is 49.1 Å². The Kier molecular flexibility index (Phi) is 6.07. The van der Waals surface area contributed by atoms with Crippen LogP contribution in [0.5, 0.6) is 11.5 Å². The standard InChI is InChI=1S/C25H26N2O4/c1-30-23-14-19-20(16-26-21(19)15-24(23)31-2)22(28)8-9-25(29)27-12-10-18(11-13-27)17-6-4-3-5-7-17/h3-7,10,14-16,26H,8-9,11-13H2,1-2H3. The molecule has 1 N–H and O–H groups in total. The average molecular weight is 418 g/mol. The van der Waals surface area contributed by atoms with Gasteiger partial charge in [-0.1, -0.05) is 36.4 Å². The lowest BCUT2D eigenvalue weighted by molar-refractivity contribution is -0.130. The second-order valence-corrected chi connectivity index (χ2v) is 7.56. The van der Waals surface area contributed by atoms with Gasteiger partial charge in [-0.25, -0.2) is 0 Å². The number of Topliss-reactive ketones (excluding diaryl/α,β-unsaturated/α-hetero) is 1. The summed E-state index contributed by atoms with van der Waals surface area (Å²) < 4.78 is 10.7. The van der Waals surface area contributed by atoms with Crippen LogP contribution in [-0.2, 0) is 4.79 Å². The molecule has 1 amide bonds. The Morgan fingerprint density at radius 1 is 1.03 bits per heavy atom. The Hall–Kier alpha value is -3.54. The van der Waals surface area contributed by atoms with E-state index in [1.807, 2.05) is 23.1 Å². The molecule has 2 heterocycles. The third kappa shape index (κ3) is 4.33. The van der Waals surface area contributed by atoms with E-state index in [4.69, 9.17) is 9.47 Å². The van der Waals surface area contributed by atoms with Crippen LogP contribution in [0.15, 0.2) is 54.7 Å². The fourth-order valence-electron chi connectivity index (χ4n) is 4.00. The summed E-state index contributed by atoms with van der Waals surface area (Å²) in [5, 5.41) is 0.767. The van der Waals surface area contributed by atoms with Crippen molar-refractivity contribution in [1.82, 2.24) is 9.88 Å². The number of ether oxygens (including phenoxy) is 2. The first kappa shape index (κ1) is 20.7. The highest BCUT2D eigenvalue weighted by atomic mass is 16.5. The summed E-state index contributed by atoms with van der Waals surface area (Å²) in [5.41, 5.74) is 3.83. The quantitative estimate of drug-likeness (QED) is 0.575. The Bertz CT molecular complexity index is 1130. The third-order valence-corrected chi connectivity index (χ3v) is 5.76. The van der Waals surface area contributed by atoms with Gasteiger partial charge in [-0.3, -0.25) is 9.59 Å². The van der Waals surface area contributed by atoms with E-state index in [-0.39, 0.29) is 24.5 Å². The van der Waals surface area contributed by atoms with Crippen molar-refractivity contribution in [2.24, 2.45) is 0 Å². The molecule has 0 saturated carbocycles. The van der Waals surface area contributed by atoms with E-state index in [1.54, 1.807) is 32.5 Å². The fraction of sp³-hybridized carbons (Fsp3) is 0.280. The largest absolute Gasteiger partial charge is 0.493 e. The number of benzene rings is 2. The number of H-pyrrole nitrogens is 1. The molecule has 1 aliphatic heterocycles. The number of rotatable bonds is 7. The van der Waals surface area contributed by atoms with Gasteiger partial charge in [-0.15, -0.1) is 0 Å². The Morgan fingerprint density at radius 3 is 2.45 bits per heavy atom. The van der Waals surface area contributed by atoms with Crippen LogP contribution in [0.3, 0.4) is 0 Å². The van der Waals surface area contributed by atoms with Crippen LogP contribution < -0.4 is 9.47 Å². The number of hydrogen-bond donors (Lipinski definition) is 1. The van der Waals surface area contributed by atoms with E-state index in [9.17, 15) is 9.59 Å². The lowest BCUT2D eigenvalue weighted by atomic mass is 9.99. The third-order valence-electron chi connectivity index (χ3n) is 5.76. The zero-order valence-corrected chi connectivity index (χ0v) is 17.8. The molecule has 0 fully saturated rings. The summed E-state index contributed by atoms with van der Waals surface area (Å²) in [6.07, 6.45) is 5.00. The summed E-state index contributed by atoms with van der Waals surface area (Å²) in [6.45, 7) is 1.26. The number of hydrogen-bond acceptors (Lipinski definition) is 4. The van der Waals surface area contributed by atoms with Crippen LogP contribution in [0.25, 0.3) is 16.5 Å². The first-order valence-electron chi connectivity index (χ1n) is 10.4. The second-order valence-electron chi connectivity index (χ2n) is 7.56. The van der Waals surface area contributed by atoms with Gasteiger partial charge in [0.05, 0.1) is 19.7 Å². The zero-order chi connectivity index (χ0) is 21.8. The van der Waals surface area contributed by atoms with Gasteiger partial charge in [-0.2, -0.15) is 0 Å². The summed E-state index contributed by atoms with van der Waals surface area (Å²) in [5.74, 6) is 1.10. The molecule has 160 valence electrons. The molecule has 0 saturated heterocycles. The SMILES string of the molecule is COc1cc2[nH]cc(C(=O)CCC(=O)N3CC=C(c4ccccc4)CC3)c2cc1OC. The molecule has 0 atom stereocenters. The Balaban J connectivity index is 1.39. The molecule has 6 nitrogen and oxygen atoms in total. The van der Waals surface area contributed by atoms with Gasteiger partial charge in [0.2, 0.25) is 5.91 Å². The molecule has 2 aromatic carbocycles. The molecule has 0 unspecified atom stereocenters. The lowest BCUT2D eigenvalue weighted by Gasteiger charge is -2.26. The molecule has 0 aliphatic carbocycles. The minimum Gasteiger partial charge on any atom is -0.493 e. The fourth-order valence-corrected chi connectivity index (χ4v) is 4.00. The van der Waals surface area contributed by atoms with Crippen molar-refractivity contribution < 1.29 is 19.1 Å². The number of aromatic amines is 1. The highest BCUT2D eigenvalue weighted by Gasteiger charge is 2.21. The molecule has 6 heteroatoms. The molecular weight excluding hydrogens is 392 g/mol. The molecule has 4 rings (SSSR count). The van der Waals surface area contributed by atoms with Crippen molar-refractivity contribution in [1.29, 1.82) is 0 Å². The number of nitrogens with one attached hydrogen (secondary N) is 1. The zero-order valence-electron chi connectivity index (χ0n) is 17.8. The predicted molar refractivity (Wildman–Crippen MR) is 121 cm³/mol. The van der Waals surface area contributed by atoms with Gasteiger partial charge in [0.25, 0.3) is 0 Å². The summed E-state index contributed by atoms with van der Waals surface area (Å²) >= 11 is 0. The van der Waals surface area contributed by atoms with E-state index < -0.39 is 0 Å². The summed E-state index contributed by atoms with van der Waals surface area (Å²) in [4.78, 5) is 30.4. The van der Waals surface area contributed by atoms with E-state index in [2.05, 4.69) is 23.2 Å². The number of carbonyl (C=O) groups is 2. The van der Waals surface area contributed by atoms with Crippen LogP contribution >= 0.6 is 0 Å². The van der Waals surface area contributed by atoms with Crippen molar-refractivity contribution in [2.45, 2.75) is 19.3 Å². The Labute approximate surface area is 181 Å². The van der Waals surface area contributed by atoms with E-state index >= 15 is 0 Å². The van der Waals surface area contributed by atoms with E-state index in [1.165, 1.54) is 11.1 Å². The molecule has 1 aromatic heterocycles. The van der Waals surface area contributed by atoms with Crippen LogP contribution in [0.1, 0.15) is 35.2 Å².